The average Bonchev–Trinajstić information content (AvgIpc) is 3.50. The number of carboxylic acid groups (broad SMARTS) is 2. The highest BCUT2D eigenvalue weighted by Crippen LogP contribution is 2.43. The van der Waals surface area contributed by atoms with Crippen LogP contribution in [0.15, 0.2) is 30.6 Å². The van der Waals surface area contributed by atoms with Gasteiger partial charge in [-0.3, -0.25) is 14.4 Å². The molecule has 1 fully saturated rings. The van der Waals surface area contributed by atoms with Crippen LogP contribution >= 0.6 is 0 Å². The predicted octanol–water partition coefficient (Wildman–Crippen LogP) is 2.98. The van der Waals surface area contributed by atoms with E-state index in [0.29, 0.717) is 17.4 Å². The number of aromatic nitrogens is 2. The number of carboxylic acids is 2. The molecule has 0 atom stereocenters. The lowest BCUT2D eigenvalue weighted by Crippen LogP contribution is -2.22. The summed E-state index contributed by atoms with van der Waals surface area (Å²) in [4.78, 5) is 43.0. The Hall–Kier alpha value is -3.49. The van der Waals surface area contributed by atoms with Gasteiger partial charge >= 0.3 is 11.9 Å². The van der Waals surface area contributed by atoms with Gasteiger partial charge in [-0.2, -0.15) is 0 Å². The summed E-state index contributed by atoms with van der Waals surface area (Å²) in [6, 6.07) is 5.91. The minimum atomic E-state index is -0.948. The number of carbonyl (C=O) groups excluding carboxylic acids is 1. The molecule has 2 aromatic rings. The van der Waals surface area contributed by atoms with E-state index in [4.69, 9.17) is 10.2 Å². The maximum atomic E-state index is 12.4. The number of hydrogen-bond donors (Lipinski definition) is 3. The van der Waals surface area contributed by atoms with Crippen molar-refractivity contribution in [3.8, 4) is 0 Å². The van der Waals surface area contributed by atoms with E-state index < -0.39 is 11.9 Å². The predicted molar refractivity (Wildman–Crippen MR) is 105 cm³/mol. The highest BCUT2D eigenvalue weighted by molar-refractivity contribution is 6.11. The van der Waals surface area contributed by atoms with Gasteiger partial charge in [-0.25, -0.2) is 9.97 Å². The first-order valence-corrected chi connectivity index (χ1v) is 9.33. The molecular weight excluding hydrogens is 376 g/mol. The summed E-state index contributed by atoms with van der Waals surface area (Å²) in [6.45, 7) is 1.98. The first-order chi connectivity index (χ1) is 13.9. The van der Waals surface area contributed by atoms with Crippen LogP contribution in [0.2, 0.25) is 0 Å². The number of amides is 1. The lowest BCUT2D eigenvalue weighted by atomic mass is 10.2. The normalized spacial score (nSPS) is 14.5. The van der Waals surface area contributed by atoms with Gasteiger partial charge in [0, 0.05) is 31.3 Å². The summed E-state index contributed by atoms with van der Waals surface area (Å²) >= 11 is 0. The topological polar surface area (TPSA) is 133 Å². The van der Waals surface area contributed by atoms with E-state index in [2.05, 4.69) is 20.2 Å². The Morgan fingerprint density at radius 1 is 1.10 bits per heavy atom. The number of hydrogen-bond acceptors (Lipinski definition) is 6. The van der Waals surface area contributed by atoms with Crippen LogP contribution in [0.3, 0.4) is 0 Å². The zero-order chi connectivity index (χ0) is 21.0. The van der Waals surface area contributed by atoms with Crippen LogP contribution < -0.4 is 10.2 Å². The molecule has 9 nitrogen and oxygen atoms in total. The highest BCUT2D eigenvalue weighted by atomic mass is 16.4. The first kappa shape index (κ1) is 20.2. The zero-order valence-electron chi connectivity index (χ0n) is 16.0. The second kappa shape index (κ2) is 8.68. The van der Waals surface area contributed by atoms with Crippen LogP contribution in [0.1, 0.15) is 48.0 Å². The van der Waals surface area contributed by atoms with E-state index in [0.717, 1.165) is 29.9 Å². The molecule has 3 heterocycles. The summed E-state index contributed by atoms with van der Waals surface area (Å²) in [5, 5.41) is 19.0. The van der Waals surface area contributed by atoms with E-state index >= 15 is 0 Å². The van der Waals surface area contributed by atoms with Gasteiger partial charge in [-0.1, -0.05) is 0 Å². The number of anilines is 3. The van der Waals surface area contributed by atoms with Crippen LogP contribution in [0.5, 0.6) is 0 Å². The molecule has 1 saturated carbocycles. The minimum absolute atomic E-state index is 0.0632. The Kier molecular flexibility index (Phi) is 6.06. The van der Waals surface area contributed by atoms with Crippen LogP contribution in [0, 0.1) is 6.92 Å². The molecule has 3 N–H and O–H groups in total. The Morgan fingerprint density at radius 2 is 1.76 bits per heavy atom. The number of aryl methyl sites for hydroxylation is 1. The van der Waals surface area contributed by atoms with Gasteiger partial charge in [0.15, 0.2) is 5.82 Å². The second-order valence-electron chi connectivity index (χ2n) is 6.90. The average molecular weight is 398 g/mol. The fourth-order valence-corrected chi connectivity index (χ4v) is 3.00. The number of nitrogens with zero attached hydrogens (tertiary/aromatic N) is 3. The quantitative estimate of drug-likeness (QED) is 0.700. The van der Waals surface area contributed by atoms with E-state index in [-0.39, 0.29) is 25.2 Å². The van der Waals surface area contributed by atoms with Crippen LogP contribution in [0.4, 0.5) is 17.3 Å². The van der Waals surface area contributed by atoms with Crippen molar-refractivity contribution >= 4 is 35.2 Å². The van der Waals surface area contributed by atoms with Gasteiger partial charge in [0.1, 0.15) is 5.82 Å². The third kappa shape index (κ3) is 4.87. The van der Waals surface area contributed by atoms with E-state index in [1.807, 2.05) is 19.1 Å². The fraction of sp³-hybridized carbons (Fsp3) is 0.350. The van der Waals surface area contributed by atoms with E-state index in [9.17, 15) is 14.4 Å². The van der Waals surface area contributed by atoms with Gasteiger partial charge in [0.25, 0.3) is 5.91 Å². The summed E-state index contributed by atoms with van der Waals surface area (Å²) in [7, 11) is 0. The monoisotopic (exact) mass is 398 g/mol. The maximum Gasteiger partial charge on any atom is 0.303 e. The van der Waals surface area contributed by atoms with Crippen molar-refractivity contribution in [2.45, 2.75) is 45.1 Å². The standard InChI is InChI=1S/C15H14N4O.C5H8O4/c1-9-6-8-17-14-12(9)18-15(20)11-3-2-7-16-13(11)19(14)10-4-5-10;6-4(7)2-1-3-5(8)9/h2-3,6-8,10H,4-5H2,1H3,(H,18,20);1-3H2,(H,6,7)(H,8,9). The summed E-state index contributed by atoms with van der Waals surface area (Å²) in [5.41, 5.74) is 2.42. The number of nitrogens with one attached hydrogen (secondary N) is 1. The molecule has 9 heteroatoms. The summed E-state index contributed by atoms with van der Waals surface area (Å²) in [6.07, 6.45) is 5.81. The first-order valence-electron chi connectivity index (χ1n) is 9.33. The van der Waals surface area contributed by atoms with Gasteiger partial charge < -0.3 is 20.4 Å². The molecule has 2 aliphatic rings. The van der Waals surface area contributed by atoms with Crippen LogP contribution in [-0.4, -0.2) is 44.1 Å². The van der Waals surface area contributed by atoms with Crippen molar-refractivity contribution in [2.75, 3.05) is 10.2 Å². The molecule has 0 spiro atoms. The molecule has 29 heavy (non-hydrogen) atoms. The molecule has 152 valence electrons. The van der Waals surface area contributed by atoms with E-state index in [1.165, 1.54) is 0 Å². The molecule has 1 amide bonds. The van der Waals surface area contributed by atoms with Gasteiger partial charge in [-0.15, -0.1) is 0 Å². The van der Waals surface area contributed by atoms with Crippen molar-refractivity contribution in [3.05, 3.63) is 41.7 Å². The number of carbonyl (C=O) groups is 3. The summed E-state index contributed by atoms with van der Waals surface area (Å²) < 4.78 is 0. The van der Waals surface area contributed by atoms with Crippen molar-refractivity contribution in [1.29, 1.82) is 0 Å². The third-order valence-corrected chi connectivity index (χ3v) is 4.56. The summed E-state index contributed by atoms with van der Waals surface area (Å²) in [5.74, 6) is -0.497. The lowest BCUT2D eigenvalue weighted by Gasteiger charge is -2.23. The van der Waals surface area contributed by atoms with Crippen LogP contribution in [-0.2, 0) is 9.59 Å². The molecule has 2 aromatic heterocycles. The van der Waals surface area contributed by atoms with Crippen molar-refractivity contribution in [3.63, 3.8) is 0 Å². The minimum Gasteiger partial charge on any atom is -0.481 e. The number of rotatable bonds is 5. The third-order valence-electron chi connectivity index (χ3n) is 4.56. The van der Waals surface area contributed by atoms with Crippen molar-refractivity contribution in [2.24, 2.45) is 0 Å². The maximum absolute atomic E-state index is 12.4. The number of fused-ring (bicyclic) bond motifs is 2. The zero-order valence-corrected chi connectivity index (χ0v) is 16.0. The molecule has 1 aliphatic carbocycles. The second-order valence-corrected chi connectivity index (χ2v) is 6.90. The van der Waals surface area contributed by atoms with Crippen LogP contribution in [0.25, 0.3) is 0 Å². The number of pyridine rings is 2. The highest BCUT2D eigenvalue weighted by Gasteiger charge is 2.37. The molecule has 0 unspecified atom stereocenters. The molecule has 0 radical (unpaired) electrons. The van der Waals surface area contributed by atoms with Gasteiger partial charge in [0.05, 0.1) is 11.3 Å². The van der Waals surface area contributed by atoms with Gasteiger partial charge in [-0.05, 0) is 49.9 Å². The van der Waals surface area contributed by atoms with E-state index in [1.54, 1.807) is 18.5 Å². The Bertz CT molecular complexity index is 928. The molecule has 0 saturated heterocycles. The molecule has 0 bridgehead atoms. The SMILES string of the molecule is Cc1ccnc2c1NC(=O)c1cccnc1N2C1CC1.O=C(O)CCCC(=O)O. The molecular formula is C20H22N4O5. The largest absolute Gasteiger partial charge is 0.481 e. The molecule has 4 rings (SSSR count). The Morgan fingerprint density at radius 3 is 2.38 bits per heavy atom. The lowest BCUT2D eigenvalue weighted by molar-refractivity contribution is -0.138. The Labute approximate surface area is 167 Å². The molecule has 1 aliphatic heterocycles. The molecule has 0 aromatic carbocycles. The van der Waals surface area contributed by atoms with Crippen molar-refractivity contribution < 1.29 is 24.6 Å². The fourth-order valence-electron chi connectivity index (χ4n) is 3.00. The smallest absolute Gasteiger partial charge is 0.303 e. The van der Waals surface area contributed by atoms with Gasteiger partial charge in [0.2, 0.25) is 0 Å². The Balaban J connectivity index is 0.000000229. The van der Waals surface area contributed by atoms with Crippen molar-refractivity contribution in [1.82, 2.24) is 9.97 Å². The number of aliphatic carboxylic acids is 2.